The molecule has 82 valence electrons. The van der Waals surface area contributed by atoms with Crippen LogP contribution in [-0.2, 0) is 0 Å². The van der Waals surface area contributed by atoms with Crippen LogP contribution < -0.4 is 0 Å². The number of hydrogen-bond donors (Lipinski definition) is 1. The van der Waals surface area contributed by atoms with Crippen molar-refractivity contribution in [2.45, 2.75) is 0 Å². The molecule has 0 fully saturated rings. The minimum atomic E-state index is -0.677. The zero-order valence-corrected chi connectivity index (χ0v) is 8.30. The summed E-state index contributed by atoms with van der Waals surface area (Å²) in [6.45, 7) is -0.653. The minimum absolute atomic E-state index is 0.243. The third-order valence-electron chi connectivity index (χ3n) is 1.91. The van der Waals surface area contributed by atoms with Crippen molar-refractivity contribution in [3.63, 3.8) is 0 Å². The lowest BCUT2D eigenvalue weighted by Gasteiger charge is -1.90. The SMILES string of the molecule is OCC(F)=Cc1cc(-c2ccccn2)no1. The first-order chi connectivity index (χ1) is 7.79. The Kier molecular flexibility index (Phi) is 3.07. The summed E-state index contributed by atoms with van der Waals surface area (Å²) in [5, 5.41) is 12.2. The maximum atomic E-state index is 12.7. The largest absolute Gasteiger partial charge is 0.389 e. The summed E-state index contributed by atoms with van der Waals surface area (Å²) >= 11 is 0. The molecule has 0 aliphatic carbocycles. The monoisotopic (exact) mass is 220 g/mol. The minimum Gasteiger partial charge on any atom is -0.389 e. The van der Waals surface area contributed by atoms with Gasteiger partial charge in [0.2, 0.25) is 0 Å². The first kappa shape index (κ1) is 10.5. The third-order valence-corrected chi connectivity index (χ3v) is 1.91. The van der Waals surface area contributed by atoms with Crippen molar-refractivity contribution >= 4 is 6.08 Å². The topological polar surface area (TPSA) is 59.2 Å². The number of nitrogens with zero attached hydrogens (tertiary/aromatic N) is 2. The Labute approximate surface area is 91.0 Å². The van der Waals surface area contributed by atoms with Gasteiger partial charge in [-0.05, 0) is 12.1 Å². The van der Waals surface area contributed by atoms with E-state index in [1.165, 1.54) is 0 Å². The van der Waals surface area contributed by atoms with Crippen molar-refractivity contribution in [3.8, 4) is 11.4 Å². The number of rotatable bonds is 3. The van der Waals surface area contributed by atoms with Crippen LogP contribution in [0.15, 0.2) is 40.8 Å². The van der Waals surface area contributed by atoms with Crippen LogP contribution in [0.3, 0.4) is 0 Å². The Hall–Kier alpha value is -2.01. The lowest BCUT2D eigenvalue weighted by molar-refractivity contribution is 0.299. The molecule has 4 nitrogen and oxygen atoms in total. The van der Waals surface area contributed by atoms with Crippen molar-refractivity contribution in [1.82, 2.24) is 10.1 Å². The molecule has 0 aliphatic heterocycles. The fraction of sp³-hybridized carbons (Fsp3) is 0.0909. The Bertz CT molecular complexity index is 494. The second-order valence-corrected chi connectivity index (χ2v) is 3.08. The molecule has 0 spiro atoms. The summed E-state index contributed by atoms with van der Waals surface area (Å²) in [4.78, 5) is 4.08. The van der Waals surface area contributed by atoms with Crippen LogP contribution in [0.2, 0.25) is 0 Å². The normalized spacial score (nSPS) is 11.8. The number of pyridine rings is 1. The highest BCUT2D eigenvalue weighted by Gasteiger charge is 2.06. The van der Waals surface area contributed by atoms with E-state index < -0.39 is 12.4 Å². The van der Waals surface area contributed by atoms with Crippen LogP contribution in [0.5, 0.6) is 0 Å². The molecule has 0 aromatic carbocycles. The predicted molar refractivity (Wildman–Crippen MR) is 55.9 cm³/mol. The highest BCUT2D eigenvalue weighted by Crippen LogP contribution is 2.17. The van der Waals surface area contributed by atoms with Gasteiger partial charge in [0.25, 0.3) is 0 Å². The molecule has 0 saturated carbocycles. The highest BCUT2D eigenvalue weighted by atomic mass is 19.1. The van der Waals surface area contributed by atoms with E-state index in [0.29, 0.717) is 11.4 Å². The molecular formula is C11H9FN2O2. The maximum absolute atomic E-state index is 12.7. The van der Waals surface area contributed by atoms with Crippen LogP contribution in [0.25, 0.3) is 17.5 Å². The highest BCUT2D eigenvalue weighted by molar-refractivity contribution is 5.58. The number of aromatic nitrogens is 2. The molecule has 2 aromatic heterocycles. The fourth-order valence-electron chi connectivity index (χ4n) is 1.19. The first-order valence-electron chi connectivity index (χ1n) is 4.64. The van der Waals surface area contributed by atoms with Gasteiger partial charge in [0.05, 0.1) is 12.3 Å². The molecular weight excluding hydrogens is 211 g/mol. The van der Waals surface area contributed by atoms with Crippen molar-refractivity contribution in [2.75, 3.05) is 6.61 Å². The van der Waals surface area contributed by atoms with Gasteiger partial charge in [-0.3, -0.25) is 4.98 Å². The van der Waals surface area contributed by atoms with E-state index in [1.807, 2.05) is 6.07 Å². The van der Waals surface area contributed by atoms with E-state index in [0.717, 1.165) is 6.08 Å². The fourth-order valence-corrected chi connectivity index (χ4v) is 1.19. The Morgan fingerprint density at radius 3 is 3.00 bits per heavy atom. The van der Waals surface area contributed by atoms with Crippen molar-refractivity contribution < 1.29 is 14.0 Å². The van der Waals surface area contributed by atoms with Crippen LogP contribution >= 0.6 is 0 Å². The molecule has 2 heterocycles. The third kappa shape index (κ3) is 2.32. The van der Waals surface area contributed by atoms with Crippen molar-refractivity contribution in [3.05, 3.63) is 42.0 Å². The Balaban J connectivity index is 2.27. The molecule has 0 radical (unpaired) electrons. The quantitative estimate of drug-likeness (QED) is 0.859. The van der Waals surface area contributed by atoms with E-state index in [2.05, 4.69) is 10.1 Å². The van der Waals surface area contributed by atoms with E-state index in [4.69, 9.17) is 9.63 Å². The lowest BCUT2D eigenvalue weighted by atomic mass is 10.2. The van der Waals surface area contributed by atoms with Crippen LogP contribution in [-0.4, -0.2) is 21.9 Å². The number of halogens is 1. The van der Waals surface area contributed by atoms with Gasteiger partial charge in [-0.1, -0.05) is 11.2 Å². The zero-order chi connectivity index (χ0) is 11.4. The van der Waals surface area contributed by atoms with Crippen LogP contribution in [0, 0.1) is 0 Å². The standard InChI is InChI=1S/C11H9FN2O2/c12-8(7-15)5-9-6-11(14-16-9)10-3-1-2-4-13-10/h1-6,15H,7H2. The summed E-state index contributed by atoms with van der Waals surface area (Å²) in [5.74, 6) is -0.434. The molecule has 0 atom stereocenters. The number of aliphatic hydroxyl groups is 1. The van der Waals surface area contributed by atoms with E-state index in [-0.39, 0.29) is 5.76 Å². The van der Waals surface area contributed by atoms with Gasteiger partial charge in [-0.2, -0.15) is 0 Å². The lowest BCUT2D eigenvalue weighted by Crippen LogP contribution is -1.80. The molecule has 0 unspecified atom stereocenters. The van der Waals surface area contributed by atoms with Gasteiger partial charge in [-0.15, -0.1) is 0 Å². The van der Waals surface area contributed by atoms with Gasteiger partial charge in [0.1, 0.15) is 11.5 Å². The second-order valence-electron chi connectivity index (χ2n) is 3.08. The number of aliphatic hydroxyl groups excluding tert-OH is 1. The van der Waals surface area contributed by atoms with E-state index >= 15 is 0 Å². The molecule has 5 heteroatoms. The average molecular weight is 220 g/mol. The van der Waals surface area contributed by atoms with Crippen LogP contribution in [0.1, 0.15) is 5.76 Å². The van der Waals surface area contributed by atoms with Gasteiger partial charge >= 0.3 is 0 Å². The second kappa shape index (κ2) is 4.67. The molecule has 2 aromatic rings. The Morgan fingerprint density at radius 1 is 1.44 bits per heavy atom. The van der Waals surface area contributed by atoms with Gasteiger partial charge in [-0.25, -0.2) is 4.39 Å². The summed E-state index contributed by atoms with van der Waals surface area (Å²) in [5.41, 5.74) is 1.17. The maximum Gasteiger partial charge on any atom is 0.163 e. The van der Waals surface area contributed by atoms with Crippen LogP contribution in [0.4, 0.5) is 4.39 Å². The number of hydrogen-bond acceptors (Lipinski definition) is 4. The first-order valence-corrected chi connectivity index (χ1v) is 4.64. The van der Waals surface area contributed by atoms with Crippen molar-refractivity contribution in [2.24, 2.45) is 0 Å². The van der Waals surface area contributed by atoms with Gasteiger partial charge in [0, 0.05) is 18.3 Å². The average Bonchev–Trinajstić information content (AvgIpc) is 2.78. The van der Waals surface area contributed by atoms with Crippen molar-refractivity contribution in [1.29, 1.82) is 0 Å². The molecule has 0 bridgehead atoms. The summed E-state index contributed by atoms with van der Waals surface area (Å²) in [6, 6.07) is 6.93. The van der Waals surface area contributed by atoms with Gasteiger partial charge < -0.3 is 9.63 Å². The van der Waals surface area contributed by atoms with Gasteiger partial charge in [0.15, 0.2) is 5.76 Å². The molecule has 0 saturated heterocycles. The Morgan fingerprint density at radius 2 is 2.31 bits per heavy atom. The molecule has 1 N–H and O–H groups in total. The summed E-state index contributed by atoms with van der Waals surface area (Å²) in [7, 11) is 0. The molecule has 16 heavy (non-hydrogen) atoms. The molecule has 0 amide bonds. The van der Waals surface area contributed by atoms with E-state index in [9.17, 15) is 4.39 Å². The smallest absolute Gasteiger partial charge is 0.163 e. The predicted octanol–water partition coefficient (Wildman–Crippen LogP) is 2.04. The zero-order valence-electron chi connectivity index (χ0n) is 8.30. The van der Waals surface area contributed by atoms with E-state index in [1.54, 1.807) is 24.4 Å². The summed E-state index contributed by atoms with van der Waals surface area (Å²) < 4.78 is 17.6. The molecule has 2 rings (SSSR count). The molecule has 0 aliphatic rings. The summed E-state index contributed by atoms with van der Waals surface area (Å²) in [6.07, 6.45) is 2.72.